The van der Waals surface area contributed by atoms with Crippen LogP contribution < -0.4 is 0 Å². The summed E-state index contributed by atoms with van der Waals surface area (Å²) < 4.78 is 16.3. The van der Waals surface area contributed by atoms with Crippen LogP contribution in [0, 0.1) is 0 Å². The van der Waals surface area contributed by atoms with E-state index in [1.54, 1.807) is 7.11 Å². The largest absolute Gasteiger partial charge is 0.748 e. The van der Waals surface area contributed by atoms with Crippen molar-refractivity contribution in [1.82, 2.24) is 0 Å². The first-order valence-corrected chi connectivity index (χ1v) is 6.54. The van der Waals surface area contributed by atoms with Crippen LogP contribution in [0.15, 0.2) is 54.6 Å². The molecule has 20 heavy (non-hydrogen) atoms. The molecule has 2 aromatic rings. The van der Waals surface area contributed by atoms with Gasteiger partial charge in [-0.2, -0.15) is 12.1 Å². The van der Waals surface area contributed by atoms with Crippen molar-refractivity contribution in [1.29, 1.82) is 0 Å². The summed E-state index contributed by atoms with van der Waals surface area (Å²) in [4.78, 5) is 0. The molecule has 0 aliphatic carbocycles. The summed E-state index contributed by atoms with van der Waals surface area (Å²) >= 11 is 0. The van der Waals surface area contributed by atoms with Crippen molar-refractivity contribution in [3.8, 4) is 0 Å². The van der Waals surface area contributed by atoms with Crippen molar-refractivity contribution in [3.63, 3.8) is 0 Å². The summed E-state index contributed by atoms with van der Waals surface area (Å²) in [6.45, 7) is 1.38. The Hall–Kier alpha value is -0.901. The van der Waals surface area contributed by atoms with E-state index in [9.17, 15) is 0 Å². The summed E-state index contributed by atoms with van der Waals surface area (Å²) in [6, 6.07) is 18.0. The first-order valence-electron chi connectivity index (χ1n) is 6.54. The van der Waals surface area contributed by atoms with Gasteiger partial charge in [0.2, 0.25) is 0 Å². The van der Waals surface area contributed by atoms with E-state index in [0.29, 0.717) is 6.61 Å². The Kier molecular flexibility index (Phi) is 8.51. The molecule has 4 heteroatoms. The van der Waals surface area contributed by atoms with Gasteiger partial charge in [-0.05, 0) is 6.42 Å². The van der Waals surface area contributed by atoms with Crippen molar-refractivity contribution in [2.45, 2.75) is 18.8 Å². The Morgan fingerprint density at radius 1 is 1.15 bits per heavy atom. The zero-order valence-corrected chi connectivity index (χ0v) is 12.7. The molecule has 0 amide bonds. The number of methoxy groups -OCH3 is 1. The molecule has 1 saturated heterocycles. The second-order valence-electron chi connectivity index (χ2n) is 4.39. The third kappa shape index (κ3) is 5.61. The molecule has 1 heterocycles. The molecule has 116 valence electrons. The van der Waals surface area contributed by atoms with Crippen LogP contribution in [0.25, 0.3) is 0 Å². The molecule has 3 rings (SSSR count). The Morgan fingerprint density at radius 2 is 1.75 bits per heavy atom. The molecule has 0 spiro atoms. The molecule has 3 nitrogen and oxygen atoms in total. The molecule has 2 atom stereocenters. The van der Waals surface area contributed by atoms with Crippen LogP contribution in [-0.2, 0) is 31.3 Å². The fourth-order valence-electron chi connectivity index (χ4n) is 1.94. The normalized spacial score (nSPS) is 21.4. The van der Waals surface area contributed by atoms with Gasteiger partial charge in [-0.25, -0.2) is 12.1 Å². The first-order chi connectivity index (χ1) is 9.40. The fourth-order valence-corrected chi connectivity index (χ4v) is 1.94. The molecular weight excluding hydrogens is 296 g/mol. The molecule has 0 bridgehead atoms. The zero-order valence-electron chi connectivity index (χ0n) is 11.6. The SMILES string of the molecule is COC[C@@H]1CCO[C@H]([c-]2cccc2)O1.[Fe].[cH-]1[cH-][cH-][cH-][cH-]1. The van der Waals surface area contributed by atoms with Gasteiger partial charge in [0.05, 0.1) is 19.3 Å². The Labute approximate surface area is 131 Å². The van der Waals surface area contributed by atoms with Gasteiger partial charge in [-0.3, -0.25) is 0 Å². The van der Waals surface area contributed by atoms with Crippen LogP contribution in [-0.4, -0.2) is 26.4 Å². The summed E-state index contributed by atoms with van der Waals surface area (Å²) in [5.74, 6) is 0. The van der Waals surface area contributed by atoms with E-state index in [1.807, 2.05) is 54.6 Å². The quantitative estimate of drug-likeness (QED) is 0.642. The molecule has 2 aromatic carbocycles. The van der Waals surface area contributed by atoms with Crippen molar-refractivity contribution in [2.75, 3.05) is 20.3 Å². The van der Waals surface area contributed by atoms with Gasteiger partial charge in [0.25, 0.3) is 0 Å². The smallest absolute Gasteiger partial charge is 0.138 e. The van der Waals surface area contributed by atoms with Crippen LogP contribution in [0.1, 0.15) is 18.3 Å². The molecule has 0 N–H and O–H groups in total. The van der Waals surface area contributed by atoms with Gasteiger partial charge >= 0.3 is 0 Å². The van der Waals surface area contributed by atoms with E-state index in [2.05, 4.69) is 0 Å². The predicted octanol–water partition coefficient (Wildman–Crippen LogP) is 3.26. The number of hydrogen-bond acceptors (Lipinski definition) is 3. The zero-order chi connectivity index (χ0) is 13.3. The summed E-state index contributed by atoms with van der Waals surface area (Å²) in [5.41, 5.74) is 1.09. The average Bonchev–Trinajstić information content (AvgIpc) is 3.16. The minimum absolute atomic E-state index is 0. The van der Waals surface area contributed by atoms with Gasteiger partial charge in [0.15, 0.2) is 0 Å². The topological polar surface area (TPSA) is 27.7 Å². The predicted molar refractivity (Wildman–Crippen MR) is 74.1 cm³/mol. The van der Waals surface area contributed by atoms with E-state index in [-0.39, 0.29) is 29.5 Å². The van der Waals surface area contributed by atoms with Crippen LogP contribution in [0.4, 0.5) is 0 Å². The molecule has 1 fully saturated rings. The van der Waals surface area contributed by atoms with E-state index < -0.39 is 0 Å². The van der Waals surface area contributed by atoms with Crippen LogP contribution >= 0.6 is 0 Å². The maximum absolute atomic E-state index is 5.72. The van der Waals surface area contributed by atoms with Crippen molar-refractivity contribution in [3.05, 3.63) is 60.2 Å². The van der Waals surface area contributed by atoms with Crippen molar-refractivity contribution < 1.29 is 31.3 Å². The summed E-state index contributed by atoms with van der Waals surface area (Å²) in [7, 11) is 1.69. The maximum atomic E-state index is 5.72. The van der Waals surface area contributed by atoms with Crippen LogP contribution in [0.3, 0.4) is 0 Å². The fraction of sp³-hybridized carbons (Fsp3) is 0.375. The van der Waals surface area contributed by atoms with E-state index in [4.69, 9.17) is 14.2 Å². The Balaban J connectivity index is 0.000000283. The van der Waals surface area contributed by atoms with E-state index >= 15 is 0 Å². The number of ether oxygens (including phenoxy) is 3. The van der Waals surface area contributed by atoms with E-state index in [0.717, 1.165) is 18.6 Å². The minimum Gasteiger partial charge on any atom is -0.748 e. The first kappa shape index (κ1) is 17.2. The molecular formula is C16H20FeO3-6. The van der Waals surface area contributed by atoms with Crippen LogP contribution in [0.5, 0.6) is 0 Å². The minimum atomic E-state index is -0.209. The summed E-state index contributed by atoms with van der Waals surface area (Å²) in [5, 5.41) is 0. The molecule has 1 aliphatic rings. The standard InChI is InChI=1S/C11H15O3.C5H5.Fe/c1-12-8-10-6-7-13-11(14-10)9-4-2-3-5-9;1-2-4-5-3-1;/h2-5,10-11H,6-8H2,1H3;1-5H;/q-1;-5;/t10-,11-;;/m0../s1. The third-order valence-electron chi connectivity index (χ3n) is 2.89. The van der Waals surface area contributed by atoms with Crippen molar-refractivity contribution >= 4 is 0 Å². The molecule has 1 aliphatic heterocycles. The molecule has 0 saturated carbocycles. The van der Waals surface area contributed by atoms with Crippen LogP contribution in [0.2, 0.25) is 0 Å². The van der Waals surface area contributed by atoms with Gasteiger partial charge in [-0.15, -0.1) is 5.56 Å². The van der Waals surface area contributed by atoms with Gasteiger partial charge in [0.1, 0.15) is 6.29 Å². The van der Waals surface area contributed by atoms with Crippen molar-refractivity contribution in [2.24, 2.45) is 0 Å². The monoisotopic (exact) mass is 316 g/mol. The number of rotatable bonds is 3. The molecule has 0 unspecified atom stereocenters. The Morgan fingerprint density at radius 3 is 2.30 bits per heavy atom. The molecule has 0 aromatic heterocycles. The van der Waals surface area contributed by atoms with E-state index in [1.165, 1.54) is 0 Å². The van der Waals surface area contributed by atoms with Gasteiger partial charge in [0, 0.05) is 24.2 Å². The van der Waals surface area contributed by atoms with Gasteiger partial charge < -0.3 is 44.5 Å². The van der Waals surface area contributed by atoms with Gasteiger partial charge in [-0.1, -0.05) is 0 Å². The average molecular weight is 316 g/mol. The Bertz CT molecular complexity index is 392. The second-order valence-corrected chi connectivity index (χ2v) is 4.39. The maximum Gasteiger partial charge on any atom is 0.138 e. The number of hydrogen-bond donors (Lipinski definition) is 0. The summed E-state index contributed by atoms with van der Waals surface area (Å²) in [6.07, 6.45) is 0.859. The molecule has 0 radical (unpaired) electrons. The second kappa shape index (κ2) is 9.92. The third-order valence-corrected chi connectivity index (χ3v) is 2.89.